The molecular formula is C15H15FN2O2. The molecule has 1 aromatic carbocycles. The van der Waals surface area contributed by atoms with Crippen LogP contribution in [0.5, 0.6) is 0 Å². The lowest BCUT2D eigenvalue weighted by Gasteiger charge is -2.26. The monoisotopic (exact) mass is 274 g/mol. The number of halogens is 1. The van der Waals surface area contributed by atoms with Crippen LogP contribution < -0.4 is 0 Å². The van der Waals surface area contributed by atoms with Gasteiger partial charge in [0.05, 0.1) is 5.52 Å². The average Bonchev–Trinajstić information content (AvgIpc) is 2.82. The Hall–Kier alpha value is -2.17. The molecule has 2 aromatic rings. The molecule has 0 aliphatic carbocycles. The zero-order valence-corrected chi connectivity index (χ0v) is 11.0. The highest BCUT2D eigenvalue weighted by Gasteiger charge is 2.21. The summed E-state index contributed by atoms with van der Waals surface area (Å²) in [4.78, 5) is 25.1. The van der Waals surface area contributed by atoms with E-state index in [9.17, 15) is 14.0 Å². The van der Waals surface area contributed by atoms with Gasteiger partial charge >= 0.3 is 0 Å². The summed E-state index contributed by atoms with van der Waals surface area (Å²) in [6.07, 6.45) is 2.66. The van der Waals surface area contributed by atoms with Crippen LogP contribution in [0.4, 0.5) is 4.39 Å². The fourth-order valence-corrected chi connectivity index (χ4v) is 2.55. The van der Waals surface area contributed by atoms with Crippen molar-refractivity contribution in [2.75, 3.05) is 13.1 Å². The fraction of sp³-hybridized carbons (Fsp3) is 0.333. The van der Waals surface area contributed by atoms with Gasteiger partial charge in [0.2, 0.25) is 5.91 Å². The molecule has 0 saturated carbocycles. The number of benzene rings is 1. The molecule has 1 fully saturated rings. The summed E-state index contributed by atoms with van der Waals surface area (Å²) in [5.41, 5.74) is 0.714. The maximum atomic E-state index is 13.3. The number of likely N-dealkylation sites (tertiary alicyclic amines) is 1. The first-order valence-electron chi connectivity index (χ1n) is 6.67. The van der Waals surface area contributed by atoms with Crippen LogP contribution in [0.3, 0.4) is 0 Å². The number of fused-ring (bicyclic) bond motifs is 1. The highest BCUT2D eigenvalue weighted by atomic mass is 19.1. The van der Waals surface area contributed by atoms with E-state index in [4.69, 9.17) is 0 Å². The summed E-state index contributed by atoms with van der Waals surface area (Å²) in [5.74, 6) is -0.129. The van der Waals surface area contributed by atoms with Gasteiger partial charge < -0.3 is 9.47 Å². The predicted octanol–water partition coefficient (Wildman–Crippen LogP) is 1.97. The second-order valence-electron chi connectivity index (χ2n) is 5.07. The fourth-order valence-electron chi connectivity index (χ4n) is 2.55. The molecule has 3 rings (SSSR count). The van der Waals surface area contributed by atoms with Gasteiger partial charge in [0, 0.05) is 32.1 Å². The summed E-state index contributed by atoms with van der Waals surface area (Å²) in [5, 5.41) is 0.910. The van der Waals surface area contributed by atoms with Crippen molar-refractivity contribution in [1.82, 2.24) is 9.47 Å². The molecule has 2 heterocycles. The van der Waals surface area contributed by atoms with Crippen LogP contribution in [0.15, 0.2) is 30.5 Å². The van der Waals surface area contributed by atoms with Crippen LogP contribution >= 0.6 is 0 Å². The Kier molecular flexibility index (Phi) is 3.26. The second kappa shape index (κ2) is 5.07. The Balaban J connectivity index is 1.77. The van der Waals surface area contributed by atoms with E-state index in [0.29, 0.717) is 31.4 Å². The predicted molar refractivity (Wildman–Crippen MR) is 72.7 cm³/mol. The summed E-state index contributed by atoms with van der Waals surface area (Å²) in [6, 6.07) is 6.40. The van der Waals surface area contributed by atoms with E-state index in [1.165, 1.54) is 12.1 Å². The molecule has 0 spiro atoms. The minimum atomic E-state index is -0.312. The number of rotatable bonds is 2. The number of carbonyl (C=O) groups excluding carboxylic acids is 2. The van der Waals surface area contributed by atoms with Crippen molar-refractivity contribution in [2.45, 2.75) is 19.4 Å². The molecule has 0 radical (unpaired) electrons. The number of carbonyl (C=O) groups is 2. The largest absolute Gasteiger partial charge is 0.340 e. The molecule has 0 bridgehead atoms. The molecule has 104 valence electrons. The van der Waals surface area contributed by atoms with Gasteiger partial charge in [-0.3, -0.25) is 9.59 Å². The maximum absolute atomic E-state index is 13.3. The molecule has 4 nitrogen and oxygen atoms in total. The van der Waals surface area contributed by atoms with Crippen LogP contribution in [-0.4, -0.2) is 34.2 Å². The number of Topliss-reactive ketones (excluding diaryl/α,β-unsaturated/α-hetero) is 1. The molecule has 0 unspecified atom stereocenters. The first-order chi connectivity index (χ1) is 9.63. The first-order valence-corrected chi connectivity index (χ1v) is 6.67. The van der Waals surface area contributed by atoms with Gasteiger partial charge in [-0.25, -0.2) is 4.39 Å². The number of nitrogens with zero attached hydrogens (tertiary/aromatic N) is 2. The lowest BCUT2D eigenvalue weighted by atomic mass is 10.1. The molecule has 1 aliphatic heterocycles. The topological polar surface area (TPSA) is 42.3 Å². The Morgan fingerprint density at radius 2 is 1.95 bits per heavy atom. The molecule has 0 atom stereocenters. The van der Waals surface area contributed by atoms with E-state index in [1.54, 1.807) is 21.7 Å². The van der Waals surface area contributed by atoms with Gasteiger partial charge in [-0.15, -0.1) is 0 Å². The van der Waals surface area contributed by atoms with Crippen LogP contribution in [0.1, 0.15) is 12.8 Å². The van der Waals surface area contributed by atoms with E-state index in [1.807, 2.05) is 6.07 Å². The van der Waals surface area contributed by atoms with E-state index in [0.717, 1.165) is 5.39 Å². The molecule has 1 aromatic heterocycles. The van der Waals surface area contributed by atoms with Crippen molar-refractivity contribution in [3.8, 4) is 0 Å². The Bertz CT molecular complexity index is 668. The van der Waals surface area contributed by atoms with Crippen molar-refractivity contribution in [2.24, 2.45) is 0 Å². The summed E-state index contributed by atoms with van der Waals surface area (Å²) >= 11 is 0. The van der Waals surface area contributed by atoms with Crippen molar-refractivity contribution < 1.29 is 14.0 Å². The van der Waals surface area contributed by atoms with Gasteiger partial charge in [0.15, 0.2) is 0 Å². The maximum Gasteiger partial charge on any atom is 0.242 e. The van der Waals surface area contributed by atoms with E-state index < -0.39 is 0 Å². The van der Waals surface area contributed by atoms with Crippen molar-refractivity contribution >= 4 is 22.6 Å². The smallest absolute Gasteiger partial charge is 0.242 e. The molecule has 1 aliphatic rings. The van der Waals surface area contributed by atoms with Crippen LogP contribution in [-0.2, 0) is 16.1 Å². The average molecular weight is 274 g/mol. The Labute approximate surface area is 115 Å². The third-order valence-corrected chi connectivity index (χ3v) is 3.72. The molecule has 20 heavy (non-hydrogen) atoms. The molecule has 1 saturated heterocycles. The summed E-state index contributed by atoms with van der Waals surface area (Å²) in [6.45, 7) is 1.16. The van der Waals surface area contributed by atoms with Gasteiger partial charge in [-0.05, 0) is 29.7 Å². The number of hydrogen-bond acceptors (Lipinski definition) is 2. The molecule has 5 heteroatoms. The summed E-state index contributed by atoms with van der Waals surface area (Å²) < 4.78 is 15.0. The minimum Gasteiger partial charge on any atom is -0.340 e. The Morgan fingerprint density at radius 1 is 1.20 bits per heavy atom. The van der Waals surface area contributed by atoms with Gasteiger partial charge in [-0.1, -0.05) is 0 Å². The summed E-state index contributed by atoms with van der Waals surface area (Å²) in [7, 11) is 0. The third-order valence-electron chi connectivity index (χ3n) is 3.72. The highest BCUT2D eigenvalue weighted by Crippen LogP contribution is 2.17. The van der Waals surface area contributed by atoms with Crippen molar-refractivity contribution in [3.63, 3.8) is 0 Å². The van der Waals surface area contributed by atoms with Gasteiger partial charge in [0.25, 0.3) is 0 Å². The quantitative estimate of drug-likeness (QED) is 0.840. The van der Waals surface area contributed by atoms with Crippen LogP contribution in [0.2, 0.25) is 0 Å². The van der Waals surface area contributed by atoms with Gasteiger partial charge in [-0.2, -0.15) is 0 Å². The lowest BCUT2D eigenvalue weighted by molar-refractivity contribution is -0.135. The normalized spacial score (nSPS) is 15.8. The molecule has 0 N–H and O–H groups in total. The van der Waals surface area contributed by atoms with Crippen LogP contribution in [0.25, 0.3) is 10.9 Å². The first kappa shape index (κ1) is 12.8. The van der Waals surface area contributed by atoms with E-state index in [2.05, 4.69) is 0 Å². The third kappa shape index (κ3) is 2.43. The van der Waals surface area contributed by atoms with Crippen LogP contribution in [0, 0.1) is 5.82 Å². The van der Waals surface area contributed by atoms with Crippen molar-refractivity contribution in [1.29, 1.82) is 0 Å². The molecular weight excluding hydrogens is 259 g/mol. The number of ketones is 1. The zero-order valence-electron chi connectivity index (χ0n) is 11.0. The Morgan fingerprint density at radius 3 is 2.70 bits per heavy atom. The number of aromatic nitrogens is 1. The number of piperidine rings is 1. The SMILES string of the molecule is O=C1CCN(C(=O)Cn2ccc3ccc(F)cc32)CC1. The standard InChI is InChI=1S/C15H15FN2O2/c16-12-2-1-11-3-6-18(14(11)9-12)10-15(20)17-7-4-13(19)5-8-17/h1-3,6,9H,4-5,7-8,10H2. The second-order valence-corrected chi connectivity index (χ2v) is 5.07. The lowest BCUT2D eigenvalue weighted by Crippen LogP contribution is -2.40. The number of amides is 1. The van der Waals surface area contributed by atoms with E-state index >= 15 is 0 Å². The zero-order chi connectivity index (χ0) is 14.1. The minimum absolute atomic E-state index is 0.0285. The number of hydrogen-bond donors (Lipinski definition) is 0. The highest BCUT2D eigenvalue weighted by molar-refractivity contribution is 5.85. The molecule has 1 amide bonds. The van der Waals surface area contributed by atoms with Gasteiger partial charge in [0.1, 0.15) is 18.1 Å². The van der Waals surface area contributed by atoms with Crippen molar-refractivity contribution in [3.05, 3.63) is 36.3 Å². The van der Waals surface area contributed by atoms with E-state index in [-0.39, 0.29) is 24.1 Å².